The molecule has 0 aromatic heterocycles. The first-order valence-electron chi connectivity index (χ1n) is 14.7. The van der Waals surface area contributed by atoms with Crippen molar-refractivity contribution in [2.45, 2.75) is 116 Å². The number of carbonyl (C=O) groups excluding carboxylic acids is 3. The zero-order valence-electron chi connectivity index (χ0n) is 23.0. The Labute approximate surface area is 222 Å². The normalized spacial score (nSPS) is 30.2. The van der Waals surface area contributed by atoms with Gasteiger partial charge < -0.3 is 10.2 Å². The van der Waals surface area contributed by atoms with Crippen molar-refractivity contribution < 1.29 is 14.4 Å². The highest BCUT2D eigenvalue weighted by molar-refractivity contribution is 6.05. The summed E-state index contributed by atoms with van der Waals surface area (Å²) in [6.45, 7) is 9.12. The first-order chi connectivity index (χ1) is 17.7. The molecule has 2 saturated carbocycles. The predicted molar refractivity (Wildman–Crippen MR) is 145 cm³/mol. The Balaban J connectivity index is 0.999. The minimum atomic E-state index is -0.543. The van der Waals surface area contributed by atoms with Crippen LogP contribution in [-0.4, -0.2) is 41.2 Å². The first-order valence-corrected chi connectivity index (χ1v) is 14.7. The standard InChI is InChI=1S/C31H45N3O3/c1-30(2)22-16-17-31(30,3)26(19-22)32-18-9-7-5-4-6-8-11-21-12-10-13-23-24(21)20-34(29(23)37)25-14-15-27(35)33-28(25)36/h10,12-13,22,25-26,32H,4-9,11,14-20H2,1-3H3,(H,33,35,36)/t22-,25?,26+,31+/m1/s1. The van der Waals surface area contributed by atoms with Crippen LogP contribution in [0.3, 0.4) is 0 Å². The zero-order valence-corrected chi connectivity index (χ0v) is 23.0. The maximum absolute atomic E-state index is 13.0. The number of amides is 3. The molecule has 5 rings (SSSR count). The smallest absolute Gasteiger partial charge is 0.255 e. The van der Waals surface area contributed by atoms with Gasteiger partial charge in [-0.25, -0.2) is 0 Å². The molecule has 0 radical (unpaired) electrons. The van der Waals surface area contributed by atoms with Crippen LogP contribution in [0.5, 0.6) is 0 Å². The fraction of sp³-hybridized carbons (Fsp3) is 0.710. The Morgan fingerprint density at radius 3 is 2.46 bits per heavy atom. The van der Waals surface area contributed by atoms with Gasteiger partial charge in [0.25, 0.3) is 5.91 Å². The zero-order chi connectivity index (χ0) is 26.2. The molecule has 1 unspecified atom stereocenters. The lowest BCUT2D eigenvalue weighted by molar-refractivity contribution is -0.136. The molecule has 6 nitrogen and oxygen atoms in total. The highest BCUT2D eigenvalue weighted by Gasteiger charge is 2.60. The monoisotopic (exact) mass is 507 g/mol. The van der Waals surface area contributed by atoms with E-state index < -0.39 is 6.04 Å². The number of carbonyl (C=O) groups is 3. The van der Waals surface area contributed by atoms with Gasteiger partial charge in [-0.05, 0) is 85.4 Å². The van der Waals surface area contributed by atoms with Crippen LogP contribution in [-0.2, 0) is 22.6 Å². The Morgan fingerprint density at radius 2 is 1.76 bits per heavy atom. The number of hydrogen-bond donors (Lipinski definition) is 2. The molecule has 4 aliphatic rings. The van der Waals surface area contributed by atoms with E-state index in [1.54, 1.807) is 4.90 Å². The summed E-state index contributed by atoms with van der Waals surface area (Å²) < 4.78 is 0. The summed E-state index contributed by atoms with van der Waals surface area (Å²) in [5.74, 6) is 0.228. The van der Waals surface area contributed by atoms with E-state index >= 15 is 0 Å². The van der Waals surface area contributed by atoms with Gasteiger partial charge in [-0.1, -0.05) is 58.6 Å². The van der Waals surface area contributed by atoms with Gasteiger partial charge in [-0.3, -0.25) is 19.7 Å². The van der Waals surface area contributed by atoms with Gasteiger partial charge in [0, 0.05) is 24.6 Å². The van der Waals surface area contributed by atoms with Crippen LogP contribution in [0.25, 0.3) is 0 Å². The van der Waals surface area contributed by atoms with E-state index in [9.17, 15) is 14.4 Å². The third-order valence-electron chi connectivity index (χ3n) is 10.7. The Kier molecular flexibility index (Phi) is 7.50. The second-order valence-electron chi connectivity index (χ2n) is 12.8. The number of rotatable bonds is 11. The van der Waals surface area contributed by atoms with Crippen molar-refractivity contribution in [3.8, 4) is 0 Å². The highest BCUT2D eigenvalue weighted by Crippen LogP contribution is 2.65. The molecule has 1 saturated heterocycles. The van der Waals surface area contributed by atoms with Crippen LogP contribution in [0.4, 0.5) is 0 Å². The Morgan fingerprint density at radius 1 is 1.00 bits per heavy atom. The lowest BCUT2D eigenvalue weighted by Gasteiger charge is -2.39. The van der Waals surface area contributed by atoms with Crippen molar-refractivity contribution in [3.63, 3.8) is 0 Å². The fourth-order valence-electron chi connectivity index (χ4n) is 7.82. The number of nitrogens with one attached hydrogen (secondary N) is 2. The fourth-order valence-corrected chi connectivity index (χ4v) is 7.82. The summed E-state index contributed by atoms with van der Waals surface area (Å²) in [6.07, 6.45) is 13.3. The molecule has 2 heterocycles. The number of hydrogen-bond acceptors (Lipinski definition) is 4. The van der Waals surface area contributed by atoms with Crippen LogP contribution in [0.1, 0.15) is 113 Å². The SMILES string of the molecule is CC1(C)[C@@H]2CC[C@@]1(C)[C@@H](NCCCCCCCCc1cccc3c1CN(C1CCC(=O)NC1=O)C3=O)C2. The molecule has 1 aromatic carbocycles. The third-order valence-corrected chi connectivity index (χ3v) is 10.7. The summed E-state index contributed by atoms with van der Waals surface area (Å²) in [7, 11) is 0. The average molecular weight is 508 g/mol. The van der Waals surface area contributed by atoms with Gasteiger partial charge in [-0.15, -0.1) is 0 Å². The molecule has 3 amide bonds. The first kappa shape index (κ1) is 26.4. The quantitative estimate of drug-likeness (QED) is 0.321. The molecular formula is C31H45N3O3. The molecule has 37 heavy (non-hydrogen) atoms. The molecule has 1 aromatic rings. The second kappa shape index (κ2) is 10.5. The topological polar surface area (TPSA) is 78.5 Å². The number of piperidine rings is 1. The van der Waals surface area contributed by atoms with E-state index in [1.165, 1.54) is 56.9 Å². The van der Waals surface area contributed by atoms with Crippen molar-refractivity contribution >= 4 is 17.7 Å². The molecule has 0 spiro atoms. The Bertz CT molecular complexity index is 1050. The maximum Gasteiger partial charge on any atom is 0.255 e. The number of nitrogens with zero attached hydrogens (tertiary/aromatic N) is 1. The summed E-state index contributed by atoms with van der Waals surface area (Å²) in [5, 5.41) is 6.30. The van der Waals surface area contributed by atoms with Gasteiger partial charge in [0.05, 0.1) is 0 Å². The molecule has 2 bridgehead atoms. The number of aryl methyl sites for hydroxylation is 1. The molecule has 6 heteroatoms. The Hall–Kier alpha value is -2.21. The lowest BCUT2D eigenvalue weighted by atomic mass is 9.69. The van der Waals surface area contributed by atoms with Crippen molar-refractivity contribution in [1.82, 2.24) is 15.5 Å². The molecule has 2 aliphatic heterocycles. The van der Waals surface area contributed by atoms with Gasteiger partial charge in [0.15, 0.2) is 0 Å². The van der Waals surface area contributed by atoms with E-state index in [4.69, 9.17) is 0 Å². The number of imide groups is 1. The van der Waals surface area contributed by atoms with Gasteiger partial charge in [0.2, 0.25) is 11.8 Å². The lowest BCUT2D eigenvalue weighted by Crippen LogP contribution is -2.52. The van der Waals surface area contributed by atoms with Gasteiger partial charge in [-0.2, -0.15) is 0 Å². The molecule has 3 fully saturated rings. The van der Waals surface area contributed by atoms with Crippen molar-refractivity contribution in [2.75, 3.05) is 6.54 Å². The van der Waals surface area contributed by atoms with Crippen molar-refractivity contribution in [3.05, 3.63) is 34.9 Å². The molecular weight excluding hydrogens is 462 g/mol. The predicted octanol–water partition coefficient (Wildman–Crippen LogP) is 5.14. The van der Waals surface area contributed by atoms with Gasteiger partial charge >= 0.3 is 0 Å². The minimum Gasteiger partial charge on any atom is -0.322 e. The molecule has 4 atom stereocenters. The maximum atomic E-state index is 13.0. The second-order valence-corrected chi connectivity index (χ2v) is 12.8. The van der Waals surface area contributed by atoms with E-state index in [1.807, 2.05) is 12.1 Å². The van der Waals surface area contributed by atoms with E-state index in [2.05, 4.69) is 37.5 Å². The molecule has 2 N–H and O–H groups in total. The average Bonchev–Trinajstić information content (AvgIpc) is 3.38. The molecule has 2 aliphatic carbocycles. The van der Waals surface area contributed by atoms with E-state index in [0.717, 1.165) is 36.4 Å². The molecule has 202 valence electrons. The van der Waals surface area contributed by atoms with Crippen LogP contribution in [0.2, 0.25) is 0 Å². The summed E-state index contributed by atoms with van der Waals surface area (Å²) >= 11 is 0. The van der Waals surface area contributed by atoms with Crippen LogP contribution in [0.15, 0.2) is 18.2 Å². The number of fused-ring (bicyclic) bond motifs is 3. The largest absolute Gasteiger partial charge is 0.322 e. The van der Waals surface area contributed by atoms with Crippen LogP contribution < -0.4 is 10.6 Å². The summed E-state index contributed by atoms with van der Waals surface area (Å²) in [5.41, 5.74) is 3.98. The van der Waals surface area contributed by atoms with Crippen LogP contribution >= 0.6 is 0 Å². The van der Waals surface area contributed by atoms with E-state index in [0.29, 0.717) is 29.8 Å². The number of unbranched alkanes of at least 4 members (excludes halogenated alkanes) is 5. The van der Waals surface area contributed by atoms with Crippen LogP contribution in [0, 0.1) is 16.7 Å². The van der Waals surface area contributed by atoms with E-state index in [-0.39, 0.29) is 24.1 Å². The van der Waals surface area contributed by atoms with Gasteiger partial charge in [0.1, 0.15) is 6.04 Å². The summed E-state index contributed by atoms with van der Waals surface area (Å²) in [4.78, 5) is 38.5. The third kappa shape index (κ3) is 4.86. The van der Waals surface area contributed by atoms with Crippen molar-refractivity contribution in [1.29, 1.82) is 0 Å². The van der Waals surface area contributed by atoms with Crippen molar-refractivity contribution in [2.24, 2.45) is 16.7 Å². The minimum absolute atomic E-state index is 0.0806. The number of benzene rings is 1. The highest BCUT2D eigenvalue weighted by atomic mass is 16.2. The summed E-state index contributed by atoms with van der Waals surface area (Å²) in [6, 6.07) is 6.12.